The highest BCUT2D eigenvalue weighted by Gasteiger charge is 2.25. The Morgan fingerprint density at radius 1 is 1.32 bits per heavy atom. The maximum absolute atomic E-state index is 12.3. The molecule has 1 aliphatic carbocycles. The largest absolute Gasteiger partial charge is 0.389 e. The molecule has 0 spiro atoms. The van der Waals surface area contributed by atoms with Crippen molar-refractivity contribution >= 4 is 11.8 Å². The third-order valence-corrected chi connectivity index (χ3v) is 4.32. The lowest BCUT2D eigenvalue weighted by Gasteiger charge is -2.15. The number of amides is 2. The van der Waals surface area contributed by atoms with Crippen LogP contribution in [0.25, 0.3) is 0 Å². The van der Waals surface area contributed by atoms with Gasteiger partial charge in [-0.2, -0.15) is 5.10 Å². The molecular weight excluding hydrogens is 284 g/mol. The van der Waals surface area contributed by atoms with E-state index in [1.165, 1.54) is 23.6 Å². The molecule has 3 rings (SSSR count). The summed E-state index contributed by atoms with van der Waals surface area (Å²) in [4.78, 5) is 24.2. The number of nitrogens with one attached hydrogen (secondary N) is 2. The molecule has 1 fully saturated rings. The van der Waals surface area contributed by atoms with Gasteiger partial charge in [-0.3, -0.25) is 14.3 Å². The molecule has 2 heterocycles. The van der Waals surface area contributed by atoms with E-state index in [9.17, 15) is 14.7 Å². The van der Waals surface area contributed by atoms with Crippen LogP contribution >= 0.6 is 0 Å². The summed E-state index contributed by atoms with van der Waals surface area (Å²) in [6, 6.07) is 1.69. The second-order valence-electron chi connectivity index (χ2n) is 6.12. The predicted molar refractivity (Wildman–Crippen MR) is 79.5 cm³/mol. The van der Waals surface area contributed by atoms with Gasteiger partial charge in [-0.15, -0.1) is 0 Å². The second-order valence-corrected chi connectivity index (χ2v) is 6.12. The molecule has 0 aromatic carbocycles. The first-order valence-corrected chi connectivity index (χ1v) is 7.98. The molecule has 1 aromatic rings. The zero-order valence-electron chi connectivity index (χ0n) is 12.5. The molecule has 1 aliphatic heterocycles. The van der Waals surface area contributed by atoms with Crippen molar-refractivity contribution in [2.45, 2.75) is 57.2 Å². The molecule has 22 heavy (non-hydrogen) atoms. The summed E-state index contributed by atoms with van der Waals surface area (Å²) in [6.45, 7) is 0.413. The standard InChI is InChI=1S/C15H22N4O3/c20-11-8-16-15(22)13-7-12(18-19(13)9-11)14(21)17-10-5-3-1-2-4-6-10/h7,10-11,20H,1-6,8-9H2,(H,16,22)(H,17,21). The van der Waals surface area contributed by atoms with Crippen LogP contribution in [0.15, 0.2) is 6.07 Å². The fourth-order valence-electron chi connectivity index (χ4n) is 3.10. The van der Waals surface area contributed by atoms with Crippen LogP contribution in [0.2, 0.25) is 0 Å². The first-order valence-electron chi connectivity index (χ1n) is 7.98. The van der Waals surface area contributed by atoms with Crippen molar-refractivity contribution < 1.29 is 14.7 Å². The van der Waals surface area contributed by atoms with Crippen molar-refractivity contribution in [1.82, 2.24) is 20.4 Å². The number of rotatable bonds is 2. The Kier molecular flexibility index (Phi) is 4.42. The van der Waals surface area contributed by atoms with E-state index >= 15 is 0 Å². The Labute approximate surface area is 129 Å². The van der Waals surface area contributed by atoms with E-state index in [0.717, 1.165) is 25.7 Å². The number of nitrogens with zero attached hydrogens (tertiary/aromatic N) is 2. The maximum atomic E-state index is 12.3. The minimum atomic E-state index is -0.692. The number of carbonyl (C=O) groups excluding carboxylic acids is 2. The molecule has 1 aromatic heterocycles. The predicted octanol–water partition coefficient (Wildman–Crippen LogP) is 0.440. The number of β-amino-alcohol motifs (C(OH)–C–C–N with tert-alkyl or cyclic N) is 1. The third-order valence-electron chi connectivity index (χ3n) is 4.32. The number of aliphatic hydroxyl groups is 1. The van der Waals surface area contributed by atoms with Crippen molar-refractivity contribution in [3.63, 3.8) is 0 Å². The van der Waals surface area contributed by atoms with E-state index in [4.69, 9.17) is 0 Å². The SMILES string of the molecule is O=C(NC1CCCCCC1)c1cc2n(n1)CC(O)CNC2=O. The fourth-order valence-corrected chi connectivity index (χ4v) is 3.10. The first kappa shape index (κ1) is 15.0. The van der Waals surface area contributed by atoms with Crippen LogP contribution in [0.3, 0.4) is 0 Å². The zero-order valence-corrected chi connectivity index (χ0v) is 12.5. The molecule has 1 unspecified atom stereocenters. The summed E-state index contributed by atoms with van der Waals surface area (Å²) in [5.74, 6) is -0.549. The molecule has 7 heteroatoms. The average Bonchev–Trinajstić information content (AvgIpc) is 2.66. The highest BCUT2D eigenvalue weighted by atomic mass is 16.3. The molecule has 0 radical (unpaired) electrons. The summed E-state index contributed by atoms with van der Waals surface area (Å²) < 4.78 is 1.41. The van der Waals surface area contributed by atoms with E-state index in [-0.39, 0.29) is 36.6 Å². The summed E-state index contributed by atoms with van der Waals surface area (Å²) in [6.07, 6.45) is 6.03. The molecule has 1 atom stereocenters. The van der Waals surface area contributed by atoms with Gasteiger partial charge in [0.05, 0.1) is 12.6 Å². The molecule has 2 aliphatic rings. The van der Waals surface area contributed by atoms with Crippen molar-refractivity contribution in [3.05, 3.63) is 17.5 Å². The summed E-state index contributed by atoms with van der Waals surface area (Å²) >= 11 is 0. The van der Waals surface area contributed by atoms with Gasteiger partial charge in [0.25, 0.3) is 11.8 Å². The zero-order chi connectivity index (χ0) is 15.5. The average molecular weight is 306 g/mol. The minimum absolute atomic E-state index is 0.191. The molecule has 120 valence electrons. The number of aromatic nitrogens is 2. The number of carbonyl (C=O) groups is 2. The fraction of sp³-hybridized carbons (Fsp3) is 0.667. The van der Waals surface area contributed by atoms with Gasteiger partial charge in [0.15, 0.2) is 5.69 Å². The van der Waals surface area contributed by atoms with Crippen molar-refractivity contribution in [2.75, 3.05) is 6.54 Å². The maximum Gasteiger partial charge on any atom is 0.272 e. The Morgan fingerprint density at radius 3 is 2.77 bits per heavy atom. The molecule has 0 bridgehead atoms. The lowest BCUT2D eigenvalue weighted by molar-refractivity contribution is 0.0925. The van der Waals surface area contributed by atoms with Gasteiger partial charge in [0.2, 0.25) is 0 Å². The monoisotopic (exact) mass is 306 g/mol. The van der Waals surface area contributed by atoms with Gasteiger partial charge in [0.1, 0.15) is 5.69 Å². The van der Waals surface area contributed by atoms with Crippen LogP contribution in [0.4, 0.5) is 0 Å². The molecule has 2 amide bonds. The second kappa shape index (κ2) is 6.48. The Hall–Kier alpha value is -1.89. The lowest BCUT2D eigenvalue weighted by Crippen LogP contribution is -2.35. The van der Waals surface area contributed by atoms with Crippen LogP contribution in [0.5, 0.6) is 0 Å². The normalized spacial score (nSPS) is 23.1. The van der Waals surface area contributed by atoms with Crippen molar-refractivity contribution in [2.24, 2.45) is 0 Å². The quantitative estimate of drug-likeness (QED) is 0.691. The van der Waals surface area contributed by atoms with E-state index in [1.807, 2.05) is 0 Å². The third kappa shape index (κ3) is 3.30. The smallest absolute Gasteiger partial charge is 0.272 e. The summed E-state index contributed by atoms with van der Waals surface area (Å²) in [7, 11) is 0. The highest BCUT2D eigenvalue weighted by Crippen LogP contribution is 2.18. The minimum Gasteiger partial charge on any atom is -0.389 e. The van der Waals surface area contributed by atoms with Crippen LogP contribution in [0, 0.1) is 0 Å². The summed E-state index contributed by atoms with van der Waals surface area (Å²) in [5.41, 5.74) is 0.561. The van der Waals surface area contributed by atoms with Crippen molar-refractivity contribution in [3.8, 4) is 0 Å². The van der Waals surface area contributed by atoms with Gasteiger partial charge in [0, 0.05) is 18.7 Å². The number of hydrogen-bond donors (Lipinski definition) is 3. The summed E-state index contributed by atoms with van der Waals surface area (Å²) in [5, 5.41) is 19.5. The molecule has 1 saturated carbocycles. The number of fused-ring (bicyclic) bond motifs is 1. The number of hydrogen-bond acceptors (Lipinski definition) is 4. The Morgan fingerprint density at radius 2 is 2.05 bits per heavy atom. The van der Waals surface area contributed by atoms with Gasteiger partial charge >= 0.3 is 0 Å². The van der Waals surface area contributed by atoms with Gasteiger partial charge in [-0.05, 0) is 12.8 Å². The molecule has 3 N–H and O–H groups in total. The molecular formula is C15H22N4O3. The first-order chi connectivity index (χ1) is 10.6. The van der Waals surface area contributed by atoms with Crippen LogP contribution in [0.1, 0.15) is 59.5 Å². The lowest BCUT2D eigenvalue weighted by atomic mass is 10.1. The van der Waals surface area contributed by atoms with Crippen LogP contribution < -0.4 is 10.6 Å². The van der Waals surface area contributed by atoms with E-state index in [0.29, 0.717) is 5.69 Å². The van der Waals surface area contributed by atoms with Gasteiger partial charge in [-0.1, -0.05) is 25.7 Å². The molecule has 0 saturated heterocycles. The Balaban J connectivity index is 1.72. The van der Waals surface area contributed by atoms with Gasteiger partial charge < -0.3 is 15.7 Å². The van der Waals surface area contributed by atoms with E-state index in [2.05, 4.69) is 15.7 Å². The molecule has 7 nitrogen and oxygen atoms in total. The van der Waals surface area contributed by atoms with E-state index < -0.39 is 6.10 Å². The highest BCUT2D eigenvalue weighted by molar-refractivity contribution is 5.98. The Bertz CT molecular complexity index is 561. The number of aliphatic hydroxyl groups excluding tert-OH is 1. The van der Waals surface area contributed by atoms with Crippen LogP contribution in [-0.2, 0) is 6.54 Å². The van der Waals surface area contributed by atoms with Crippen molar-refractivity contribution in [1.29, 1.82) is 0 Å². The van der Waals surface area contributed by atoms with Gasteiger partial charge in [-0.25, -0.2) is 0 Å². The van der Waals surface area contributed by atoms with Crippen LogP contribution in [-0.4, -0.2) is 45.4 Å². The van der Waals surface area contributed by atoms with E-state index in [1.54, 1.807) is 0 Å². The topological polar surface area (TPSA) is 96.2 Å².